The number of nitro benzene ring substituents is 1. The highest BCUT2D eigenvalue weighted by Gasteiger charge is 2.39. The monoisotopic (exact) mass is 342 g/mol. The molecule has 1 unspecified atom stereocenters. The molecule has 0 fully saturated rings. The van der Waals surface area contributed by atoms with Crippen LogP contribution in [0.25, 0.3) is 0 Å². The van der Waals surface area contributed by atoms with E-state index >= 15 is 0 Å². The van der Waals surface area contributed by atoms with E-state index in [1.165, 1.54) is 26.8 Å². The van der Waals surface area contributed by atoms with Gasteiger partial charge in [-0.1, -0.05) is 20.8 Å². The second-order valence-corrected chi connectivity index (χ2v) is 6.03. The largest absolute Gasteiger partial charge is 0.416 e. The summed E-state index contributed by atoms with van der Waals surface area (Å²) in [6.45, 7) is 4.36. The van der Waals surface area contributed by atoms with Crippen LogP contribution < -0.4 is 0 Å². The van der Waals surface area contributed by atoms with Gasteiger partial charge in [0, 0.05) is 11.5 Å². The summed E-state index contributed by atoms with van der Waals surface area (Å²) in [5.41, 5.74) is -4.19. The van der Waals surface area contributed by atoms with Crippen LogP contribution in [0.2, 0.25) is 0 Å². The lowest BCUT2D eigenvalue weighted by Gasteiger charge is -2.19. The molecule has 0 heterocycles. The van der Waals surface area contributed by atoms with Crippen LogP contribution in [0, 0.1) is 32.8 Å². The van der Waals surface area contributed by atoms with Gasteiger partial charge in [-0.2, -0.15) is 18.4 Å². The summed E-state index contributed by atoms with van der Waals surface area (Å²) in [5, 5.41) is 20.1. The maximum absolute atomic E-state index is 12.7. The first-order valence-corrected chi connectivity index (χ1v) is 6.64. The third-order valence-corrected chi connectivity index (χ3v) is 3.18. The fourth-order valence-corrected chi connectivity index (χ4v) is 1.89. The van der Waals surface area contributed by atoms with E-state index in [4.69, 9.17) is 5.26 Å². The summed E-state index contributed by atoms with van der Waals surface area (Å²) in [4.78, 5) is 34.3. The van der Waals surface area contributed by atoms with Gasteiger partial charge < -0.3 is 0 Å². The van der Waals surface area contributed by atoms with Crippen molar-refractivity contribution in [3.05, 3.63) is 39.4 Å². The van der Waals surface area contributed by atoms with Crippen LogP contribution in [0.3, 0.4) is 0 Å². The number of alkyl halides is 3. The number of hydrogen-bond acceptors (Lipinski definition) is 5. The third-order valence-electron chi connectivity index (χ3n) is 3.18. The maximum Gasteiger partial charge on any atom is 0.416 e. The Hall–Kier alpha value is -2.76. The molecule has 6 nitrogen and oxygen atoms in total. The molecule has 0 bridgehead atoms. The van der Waals surface area contributed by atoms with E-state index in [1.807, 2.05) is 0 Å². The fraction of sp³-hybridized carbons (Fsp3) is 0.400. The lowest BCUT2D eigenvalue weighted by molar-refractivity contribution is -0.385. The minimum absolute atomic E-state index is 0.212. The van der Waals surface area contributed by atoms with Crippen LogP contribution in [0.1, 0.15) is 36.7 Å². The van der Waals surface area contributed by atoms with Gasteiger partial charge >= 0.3 is 6.18 Å². The lowest BCUT2D eigenvalue weighted by atomic mass is 9.80. The Bertz CT molecular complexity index is 743. The zero-order valence-electron chi connectivity index (χ0n) is 13.0. The van der Waals surface area contributed by atoms with Crippen molar-refractivity contribution in [2.24, 2.45) is 11.3 Å². The maximum atomic E-state index is 12.7. The molecule has 0 amide bonds. The van der Waals surface area contributed by atoms with E-state index in [2.05, 4.69) is 0 Å². The van der Waals surface area contributed by atoms with Gasteiger partial charge in [-0.05, 0) is 12.1 Å². The number of rotatable bonds is 4. The molecule has 0 aliphatic carbocycles. The van der Waals surface area contributed by atoms with Gasteiger partial charge in [-0.15, -0.1) is 0 Å². The van der Waals surface area contributed by atoms with E-state index in [0.29, 0.717) is 12.1 Å². The molecule has 0 saturated carbocycles. The summed E-state index contributed by atoms with van der Waals surface area (Å²) >= 11 is 0. The summed E-state index contributed by atoms with van der Waals surface area (Å²) in [6.07, 6.45) is -4.83. The zero-order chi connectivity index (χ0) is 18.9. The number of Topliss-reactive ketones (excluding diaryl/α,β-unsaturated/α-hetero) is 2. The number of nitriles is 1. The molecule has 0 saturated heterocycles. The number of nitrogens with zero attached hydrogens (tertiary/aromatic N) is 2. The van der Waals surface area contributed by atoms with E-state index in [9.17, 15) is 32.9 Å². The summed E-state index contributed by atoms with van der Waals surface area (Å²) in [5.74, 6) is -3.80. The number of nitro groups is 1. The van der Waals surface area contributed by atoms with E-state index < -0.39 is 50.8 Å². The van der Waals surface area contributed by atoms with Crippen molar-refractivity contribution in [3.63, 3.8) is 0 Å². The number of ketones is 2. The van der Waals surface area contributed by atoms with Crippen LogP contribution in [0.4, 0.5) is 18.9 Å². The van der Waals surface area contributed by atoms with Crippen molar-refractivity contribution >= 4 is 17.3 Å². The number of benzene rings is 1. The van der Waals surface area contributed by atoms with Gasteiger partial charge in [0.15, 0.2) is 17.5 Å². The third kappa shape index (κ3) is 3.95. The van der Waals surface area contributed by atoms with Gasteiger partial charge in [0.1, 0.15) is 0 Å². The smallest absolute Gasteiger partial charge is 0.297 e. The second kappa shape index (κ2) is 6.39. The fourth-order valence-electron chi connectivity index (χ4n) is 1.89. The van der Waals surface area contributed by atoms with Crippen LogP contribution in [-0.2, 0) is 11.0 Å². The molecule has 1 aromatic rings. The molecule has 128 valence electrons. The van der Waals surface area contributed by atoms with Gasteiger partial charge in [0.2, 0.25) is 0 Å². The Morgan fingerprint density at radius 1 is 1.25 bits per heavy atom. The first-order chi connectivity index (χ1) is 10.8. The quantitative estimate of drug-likeness (QED) is 0.360. The molecule has 24 heavy (non-hydrogen) atoms. The van der Waals surface area contributed by atoms with Crippen LogP contribution in [-0.4, -0.2) is 16.5 Å². The van der Waals surface area contributed by atoms with E-state index in [-0.39, 0.29) is 6.07 Å². The number of hydrogen-bond donors (Lipinski definition) is 0. The summed E-state index contributed by atoms with van der Waals surface area (Å²) in [6, 6.07) is 2.80. The Morgan fingerprint density at radius 3 is 2.17 bits per heavy atom. The average molecular weight is 342 g/mol. The number of carbonyl (C=O) groups excluding carboxylic acids is 2. The number of carbonyl (C=O) groups is 2. The molecule has 1 atom stereocenters. The minimum atomic E-state index is -4.83. The van der Waals surface area contributed by atoms with E-state index in [1.54, 1.807) is 0 Å². The second-order valence-electron chi connectivity index (χ2n) is 6.03. The van der Waals surface area contributed by atoms with Gasteiger partial charge in [-0.3, -0.25) is 19.7 Å². The highest BCUT2D eigenvalue weighted by atomic mass is 19.4. The molecule has 0 spiro atoms. The lowest BCUT2D eigenvalue weighted by Crippen LogP contribution is -2.33. The molecule has 0 aliphatic heterocycles. The predicted molar refractivity (Wildman–Crippen MR) is 76.0 cm³/mol. The molecule has 0 aromatic heterocycles. The van der Waals surface area contributed by atoms with Crippen LogP contribution in [0.5, 0.6) is 0 Å². The molecule has 9 heteroatoms. The molecule has 1 aromatic carbocycles. The molecule has 1 rings (SSSR count). The summed E-state index contributed by atoms with van der Waals surface area (Å²) in [7, 11) is 0. The van der Waals surface area contributed by atoms with Crippen molar-refractivity contribution in [2.75, 3.05) is 0 Å². The first-order valence-electron chi connectivity index (χ1n) is 6.64. The van der Waals surface area contributed by atoms with Gasteiger partial charge in [0.25, 0.3) is 5.69 Å². The Morgan fingerprint density at radius 2 is 1.79 bits per heavy atom. The van der Waals surface area contributed by atoms with Crippen molar-refractivity contribution < 1.29 is 27.7 Å². The normalized spacial score (nSPS) is 13.0. The van der Waals surface area contributed by atoms with Crippen LogP contribution >= 0.6 is 0 Å². The molecule has 0 radical (unpaired) electrons. The van der Waals surface area contributed by atoms with Crippen molar-refractivity contribution in [2.45, 2.75) is 26.9 Å². The highest BCUT2D eigenvalue weighted by Crippen LogP contribution is 2.34. The van der Waals surface area contributed by atoms with Gasteiger partial charge in [-0.25, -0.2) is 0 Å². The minimum Gasteiger partial charge on any atom is -0.297 e. The van der Waals surface area contributed by atoms with Crippen molar-refractivity contribution in [1.29, 1.82) is 5.26 Å². The summed E-state index contributed by atoms with van der Waals surface area (Å²) < 4.78 is 38.0. The number of halogens is 3. The molecule has 0 aliphatic rings. The van der Waals surface area contributed by atoms with Gasteiger partial charge in [0.05, 0.1) is 22.1 Å². The van der Waals surface area contributed by atoms with E-state index in [0.717, 1.165) is 0 Å². The Balaban J connectivity index is 3.45. The highest BCUT2D eigenvalue weighted by molar-refractivity contribution is 6.15. The molecular weight excluding hydrogens is 329 g/mol. The topological polar surface area (TPSA) is 101 Å². The average Bonchev–Trinajstić information content (AvgIpc) is 2.45. The zero-order valence-corrected chi connectivity index (χ0v) is 13.0. The predicted octanol–water partition coefficient (Wildman–Crippen LogP) is 3.55. The van der Waals surface area contributed by atoms with Crippen LogP contribution in [0.15, 0.2) is 18.2 Å². The molecule has 0 N–H and O–H groups in total. The Labute approximate surface area is 135 Å². The van der Waals surface area contributed by atoms with Crippen molar-refractivity contribution in [3.8, 4) is 6.07 Å². The first kappa shape index (κ1) is 19.3. The molecular formula is C15H13F3N2O4. The SMILES string of the molecule is CC(C)(C)C(=O)C(C#N)C(=O)c1ccc(C(F)(F)F)cc1[N+](=O)[O-]. The van der Waals surface area contributed by atoms with Crippen molar-refractivity contribution in [1.82, 2.24) is 0 Å². The standard InChI is InChI=1S/C15H13F3N2O4/c1-14(2,3)13(22)10(7-19)12(21)9-5-4-8(15(16,17)18)6-11(9)20(23)24/h4-6,10H,1-3H3. The Kier molecular flexibility index (Phi) is 5.14.